The molecule has 0 atom stereocenters. The molecule has 1 aromatic carbocycles. The summed E-state index contributed by atoms with van der Waals surface area (Å²) in [6.45, 7) is 8.60. The summed E-state index contributed by atoms with van der Waals surface area (Å²) in [5.74, 6) is 0.0144. The summed E-state index contributed by atoms with van der Waals surface area (Å²) in [6.07, 6.45) is 0. The first kappa shape index (κ1) is 12.7. The van der Waals surface area contributed by atoms with E-state index in [0.717, 1.165) is 5.52 Å². The molecule has 0 bridgehead atoms. The van der Waals surface area contributed by atoms with Gasteiger partial charge in [-0.2, -0.15) is 0 Å². The van der Waals surface area contributed by atoms with Crippen molar-refractivity contribution in [2.24, 2.45) is 0 Å². The Morgan fingerprint density at radius 2 is 2.00 bits per heavy atom. The largest absolute Gasteiger partial charge is 0.358 e. The molecule has 2 rings (SSSR count). The molecule has 0 saturated heterocycles. The van der Waals surface area contributed by atoms with Crippen LogP contribution in [0.5, 0.6) is 0 Å². The number of aryl methyl sites for hydroxylation is 1. The number of hydrogen-bond acceptors (Lipinski definition) is 1. The third kappa shape index (κ3) is 2.26. The van der Waals surface area contributed by atoms with Crippen LogP contribution in [0, 0.1) is 6.92 Å². The highest BCUT2D eigenvalue weighted by molar-refractivity contribution is 5.85. The Balaban J connectivity index is 2.45. The lowest BCUT2D eigenvalue weighted by Crippen LogP contribution is -2.35. The molecule has 18 heavy (non-hydrogen) atoms. The van der Waals surface area contributed by atoms with E-state index in [-0.39, 0.29) is 11.3 Å². The number of amides is 1. The fourth-order valence-electron chi connectivity index (χ4n) is 2.58. The predicted octanol–water partition coefficient (Wildman–Crippen LogP) is 2.89. The van der Waals surface area contributed by atoms with Crippen LogP contribution in [-0.2, 0) is 10.2 Å². The van der Waals surface area contributed by atoms with Crippen LogP contribution in [0.3, 0.4) is 0 Å². The Bertz CT molecular complexity index is 581. The van der Waals surface area contributed by atoms with Crippen LogP contribution in [0.1, 0.15) is 32.0 Å². The number of carbonyl (C=O) groups is 1. The molecule has 1 aromatic heterocycles. The minimum Gasteiger partial charge on any atom is -0.358 e. The molecule has 0 aliphatic rings. The van der Waals surface area contributed by atoms with Gasteiger partial charge in [0.1, 0.15) is 0 Å². The number of carbonyl (C=O) groups excluding carboxylic acids is 1. The summed E-state index contributed by atoms with van der Waals surface area (Å²) in [5.41, 5.74) is 3.52. The van der Waals surface area contributed by atoms with Crippen LogP contribution in [0.4, 0.5) is 0 Å². The molecule has 1 heterocycles. The highest BCUT2D eigenvalue weighted by atomic mass is 16.1. The highest BCUT2D eigenvalue weighted by Gasteiger charge is 2.26. The van der Waals surface area contributed by atoms with Crippen molar-refractivity contribution in [3.8, 4) is 0 Å². The Morgan fingerprint density at radius 1 is 1.33 bits per heavy atom. The van der Waals surface area contributed by atoms with E-state index in [0.29, 0.717) is 6.54 Å². The van der Waals surface area contributed by atoms with Gasteiger partial charge in [0.05, 0.1) is 0 Å². The van der Waals surface area contributed by atoms with E-state index in [1.807, 2.05) is 12.1 Å². The minimum atomic E-state index is -0.0879. The van der Waals surface area contributed by atoms with Crippen molar-refractivity contribution in [3.63, 3.8) is 0 Å². The van der Waals surface area contributed by atoms with Crippen molar-refractivity contribution in [3.05, 3.63) is 35.5 Å². The lowest BCUT2D eigenvalue weighted by atomic mass is 9.82. The van der Waals surface area contributed by atoms with Gasteiger partial charge in [-0.15, -0.1) is 0 Å². The molecular weight excluding hydrogens is 224 g/mol. The number of fused-ring (bicyclic) bond motifs is 1. The number of benzene rings is 1. The fraction of sp³-hybridized carbons (Fsp3) is 0.400. The van der Waals surface area contributed by atoms with Crippen LogP contribution >= 0.6 is 0 Å². The standard InChI is InChI=1S/C15H20N2O/c1-10-14(15(3,4)9-16-11(2)18)12-7-5-6-8-13(12)17-10/h5-8,17H,9H2,1-4H3,(H,16,18). The van der Waals surface area contributed by atoms with Crippen LogP contribution in [-0.4, -0.2) is 17.4 Å². The first-order valence-electron chi connectivity index (χ1n) is 6.24. The first-order valence-corrected chi connectivity index (χ1v) is 6.24. The first-order chi connectivity index (χ1) is 8.42. The van der Waals surface area contributed by atoms with Crippen molar-refractivity contribution < 1.29 is 4.79 Å². The molecular formula is C15H20N2O. The second kappa shape index (κ2) is 4.48. The normalized spacial score (nSPS) is 11.8. The Kier molecular flexibility index (Phi) is 3.16. The van der Waals surface area contributed by atoms with Crippen LogP contribution in [0.2, 0.25) is 0 Å². The van der Waals surface area contributed by atoms with Gasteiger partial charge in [0.2, 0.25) is 5.91 Å². The van der Waals surface area contributed by atoms with Gasteiger partial charge in [-0.3, -0.25) is 4.79 Å². The van der Waals surface area contributed by atoms with Gasteiger partial charge in [0.25, 0.3) is 0 Å². The summed E-state index contributed by atoms with van der Waals surface area (Å²) >= 11 is 0. The molecule has 0 unspecified atom stereocenters. The van der Waals surface area contributed by atoms with E-state index in [4.69, 9.17) is 0 Å². The molecule has 3 heteroatoms. The second-order valence-electron chi connectivity index (χ2n) is 5.46. The van der Waals surface area contributed by atoms with E-state index < -0.39 is 0 Å². The molecule has 0 spiro atoms. The number of aromatic amines is 1. The summed E-state index contributed by atoms with van der Waals surface area (Å²) in [6, 6.07) is 8.29. The molecule has 2 N–H and O–H groups in total. The Labute approximate surface area is 108 Å². The van der Waals surface area contributed by atoms with Gasteiger partial charge in [0.15, 0.2) is 0 Å². The molecule has 0 saturated carbocycles. The molecule has 0 aliphatic heterocycles. The monoisotopic (exact) mass is 244 g/mol. The third-order valence-corrected chi connectivity index (χ3v) is 3.35. The van der Waals surface area contributed by atoms with Gasteiger partial charge in [-0.1, -0.05) is 32.0 Å². The predicted molar refractivity (Wildman–Crippen MR) is 74.7 cm³/mol. The zero-order valence-corrected chi connectivity index (χ0v) is 11.4. The SMILES string of the molecule is CC(=O)NCC(C)(C)c1c(C)[nH]c2ccccc12. The quantitative estimate of drug-likeness (QED) is 0.856. The molecule has 2 aromatic rings. The van der Waals surface area contributed by atoms with Gasteiger partial charge >= 0.3 is 0 Å². The van der Waals surface area contributed by atoms with Crippen LogP contribution in [0.15, 0.2) is 24.3 Å². The van der Waals surface area contributed by atoms with Gasteiger partial charge < -0.3 is 10.3 Å². The van der Waals surface area contributed by atoms with Crippen molar-refractivity contribution >= 4 is 16.8 Å². The molecule has 0 fully saturated rings. The number of nitrogens with one attached hydrogen (secondary N) is 2. The van der Waals surface area contributed by atoms with Gasteiger partial charge in [-0.25, -0.2) is 0 Å². The average Bonchev–Trinajstić information content (AvgIpc) is 2.63. The van der Waals surface area contributed by atoms with E-state index in [9.17, 15) is 4.79 Å². The van der Waals surface area contributed by atoms with E-state index >= 15 is 0 Å². The maximum absolute atomic E-state index is 11.1. The van der Waals surface area contributed by atoms with Crippen molar-refractivity contribution in [1.82, 2.24) is 10.3 Å². The Morgan fingerprint density at radius 3 is 2.67 bits per heavy atom. The topological polar surface area (TPSA) is 44.9 Å². The maximum atomic E-state index is 11.1. The van der Waals surface area contributed by atoms with Gasteiger partial charge in [0, 0.05) is 35.5 Å². The lowest BCUT2D eigenvalue weighted by Gasteiger charge is -2.25. The minimum absolute atomic E-state index is 0.0144. The van der Waals surface area contributed by atoms with Crippen LogP contribution < -0.4 is 5.32 Å². The summed E-state index contributed by atoms with van der Waals surface area (Å²) in [5, 5.41) is 4.15. The fourth-order valence-corrected chi connectivity index (χ4v) is 2.58. The second-order valence-corrected chi connectivity index (χ2v) is 5.46. The maximum Gasteiger partial charge on any atom is 0.216 e. The van der Waals surface area contributed by atoms with Crippen molar-refractivity contribution in [2.75, 3.05) is 6.54 Å². The molecule has 96 valence electrons. The smallest absolute Gasteiger partial charge is 0.216 e. The van der Waals surface area contributed by atoms with E-state index in [1.165, 1.54) is 16.6 Å². The number of para-hydroxylation sites is 1. The lowest BCUT2D eigenvalue weighted by molar-refractivity contribution is -0.119. The summed E-state index contributed by atoms with van der Waals surface area (Å²) in [7, 11) is 0. The molecule has 0 aliphatic carbocycles. The Hall–Kier alpha value is -1.77. The van der Waals surface area contributed by atoms with Crippen molar-refractivity contribution in [1.29, 1.82) is 0 Å². The number of H-pyrrole nitrogens is 1. The zero-order chi connectivity index (χ0) is 13.3. The van der Waals surface area contributed by atoms with Gasteiger partial charge in [-0.05, 0) is 18.6 Å². The third-order valence-electron chi connectivity index (χ3n) is 3.35. The molecule has 1 amide bonds. The highest BCUT2D eigenvalue weighted by Crippen LogP contribution is 2.32. The zero-order valence-electron chi connectivity index (χ0n) is 11.4. The van der Waals surface area contributed by atoms with E-state index in [1.54, 1.807) is 6.92 Å². The number of rotatable bonds is 3. The molecule has 0 radical (unpaired) electrons. The van der Waals surface area contributed by atoms with Crippen LogP contribution in [0.25, 0.3) is 10.9 Å². The number of hydrogen-bond donors (Lipinski definition) is 2. The van der Waals surface area contributed by atoms with E-state index in [2.05, 4.69) is 43.2 Å². The molecule has 3 nitrogen and oxygen atoms in total. The average molecular weight is 244 g/mol. The summed E-state index contributed by atoms with van der Waals surface area (Å²) < 4.78 is 0. The van der Waals surface area contributed by atoms with Crippen molar-refractivity contribution in [2.45, 2.75) is 33.1 Å². The number of aromatic nitrogens is 1. The summed E-state index contributed by atoms with van der Waals surface area (Å²) in [4.78, 5) is 14.5.